The molecule has 2 fully saturated rings. The van der Waals surface area contributed by atoms with Crippen LogP contribution in [0.1, 0.15) is 11.1 Å². The van der Waals surface area contributed by atoms with E-state index in [9.17, 15) is 0 Å². The highest BCUT2D eigenvalue weighted by Gasteiger charge is 2.54. The van der Waals surface area contributed by atoms with Crippen molar-refractivity contribution in [2.45, 2.75) is 37.8 Å². The number of rotatable bonds is 6. The molecule has 2 aliphatic rings. The zero-order valence-electron chi connectivity index (χ0n) is 12.8. The molecular formula is C19H20O4. The van der Waals surface area contributed by atoms with Gasteiger partial charge in [0, 0.05) is 0 Å². The molecule has 0 saturated carbocycles. The Bertz CT molecular complexity index is 616. The van der Waals surface area contributed by atoms with Crippen molar-refractivity contribution in [3.8, 4) is 0 Å². The largest absolute Gasteiger partial charge is 0.368 e. The summed E-state index contributed by atoms with van der Waals surface area (Å²) in [6.45, 7) is 1.62. The summed E-state index contributed by atoms with van der Waals surface area (Å²) in [6, 6.07) is 20.3. The molecule has 0 aromatic heterocycles. The second-order valence-corrected chi connectivity index (χ2v) is 5.90. The van der Waals surface area contributed by atoms with E-state index in [1.165, 1.54) is 0 Å². The lowest BCUT2D eigenvalue weighted by atomic mass is 10.1. The summed E-state index contributed by atoms with van der Waals surface area (Å²) in [5, 5.41) is 0. The molecule has 2 aromatic rings. The minimum absolute atomic E-state index is 0.00626. The number of hydrogen-bond acceptors (Lipinski definition) is 4. The van der Waals surface area contributed by atoms with Crippen LogP contribution >= 0.6 is 0 Å². The third kappa shape index (κ3) is 3.62. The average molecular weight is 312 g/mol. The van der Waals surface area contributed by atoms with E-state index in [0.717, 1.165) is 11.1 Å². The van der Waals surface area contributed by atoms with Gasteiger partial charge in [-0.25, -0.2) is 0 Å². The summed E-state index contributed by atoms with van der Waals surface area (Å²) in [5.41, 5.74) is 2.30. The van der Waals surface area contributed by atoms with Crippen molar-refractivity contribution in [3.05, 3.63) is 71.8 Å². The standard InChI is InChI=1S/C19H20O4/c1-3-7-14(8-4-1)11-20-16-13-22-19-18(23-19)17(16)21-12-15-9-5-2-6-10-15/h1-10,16-19H,11-13H2/t16-,17+,18-,19-/m1/s1. The summed E-state index contributed by atoms with van der Waals surface area (Å²) in [6.07, 6.45) is -0.319. The molecule has 4 nitrogen and oxygen atoms in total. The van der Waals surface area contributed by atoms with Gasteiger partial charge in [0.05, 0.1) is 19.8 Å². The molecule has 0 N–H and O–H groups in total. The van der Waals surface area contributed by atoms with Gasteiger partial charge in [-0.15, -0.1) is 0 Å². The molecule has 2 saturated heterocycles. The number of ether oxygens (including phenoxy) is 4. The van der Waals surface area contributed by atoms with Crippen molar-refractivity contribution < 1.29 is 18.9 Å². The highest BCUT2D eigenvalue weighted by atomic mass is 16.8. The van der Waals surface area contributed by atoms with Gasteiger partial charge in [0.25, 0.3) is 0 Å². The summed E-state index contributed by atoms with van der Waals surface area (Å²) in [7, 11) is 0. The topological polar surface area (TPSA) is 40.2 Å². The zero-order valence-corrected chi connectivity index (χ0v) is 12.8. The number of epoxide rings is 1. The van der Waals surface area contributed by atoms with Gasteiger partial charge in [-0.05, 0) is 11.1 Å². The molecule has 2 heterocycles. The first-order valence-electron chi connectivity index (χ1n) is 7.98. The Balaban J connectivity index is 1.36. The Kier molecular flexibility index (Phi) is 4.39. The molecule has 4 atom stereocenters. The molecule has 2 aromatic carbocycles. The van der Waals surface area contributed by atoms with Gasteiger partial charge >= 0.3 is 0 Å². The summed E-state index contributed by atoms with van der Waals surface area (Å²) in [5.74, 6) is 0. The molecular weight excluding hydrogens is 292 g/mol. The van der Waals surface area contributed by atoms with Crippen LogP contribution in [0.25, 0.3) is 0 Å². The van der Waals surface area contributed by atoms with Gasteiger partial charge in [-0.2, -0.15) is 0 Å². The van der Waals surface area contributed by atoms with E-state index in [1.54, 1.807) is 0 Å². The van der Waals surface area contributed by atoms with Crippen LogP contribution in [0.15, 0.2) is 60.7 Å². The van der Waals surface area contributed by atoms with Crippen molar-refractivity contribution in [3.63, 3.8) is 0 Å². The predicted octanol–water partition coefficient (Wildman–Crippen LogP) is 2.91. The van der Waals surface area contributed by atoms with Crippen molar-refractivity contribution in [1.29, 1.82) is 0 Å². The van der Waals surface area contributed by atoms with Crippen molar-refractivity contribution in [2.75, 3.05) is 6.61 Å². The van der Waals surface area contributed by atoms with E-state index in [0.29, 0.717) is 19.8 Å². The van der Waals surface area contributed by atoms with E-state index < -0.39 is 0 Å². The quantitative estimate of drug-likeness (QED) is 0.769. The number of benzene rings is 2. The molecule has 0 bridgehead atoms. The highest BCUT2D eigenvalue weighted by molar-refractivity contribution is 5.14. The van der Waals surface area contributed by atoms with Crippen LogP contribution in [-0.2, 0) is 32.2 Å². The molecule has 120 valence electrons. The zero-order chi connectivity index (χ0) is 15.5. The van der Waals surface area contributed by atoms with Crippen LogP contribution in [0.4, 0.5) is 0 Å². The summed E-state index contributed by atoms with van der Waals surface area (Å²) < 4.78 is 23.3. The third-order valence-electron chi connectivity index (χ3n) is 4.19. The molecule has 23 heavy (non-hydrogen) atoms. The van der Waals surface area contributed by atoms with Gasteiger partial charge in [-0.3, -0.25) is 0 Å². The fourth-order valence-electron chi connectivity index (χ4n) is 2.86. The predicted molar refractivity (Wildman–Crippen MR) is 84.7 cm³/mol. The lowest BCUT2D eigenvalue weighted by Crippen LogP contribution is -2.44. The Labute approximate surface area is 135 Å². The lowest BCUT2D eigenvalue weighted by molar-refractivity contribution is -0.140. The average Bonchev–Trinajstić information content (AvgIpc) is 3.40. The van der Waals surface area contributed by atoms with Gasteiger partial charge in [-0.1, -0.05) is 60.7 Å². The molecule has 4 heteroatoms. The minimum atomic E-state index is -0.118. The van der Waals surface area contributed by atoms with Crippen LogP contribution in [0.5, 0.6) is 0 Å². The molecule has 2 aliphatic heterocycles. The molecule has 4 rings (SSSR count). The van der Waals surface area contributed by atoms with Gasteiger partial charge < -0.3 is 18.9 Å². The first-order valence-corrected chi connectivity index (χ1v) is 7.98. The molecule has 0 amide bonds. The second kappa shape index (κ2) is 6.81. The van der Waals surface area contributed by atoms with Crippen LogP contribution < -0.4 is 0 Å². The van der Waals surface area contributed by atoms with Crippen molar-refractivity contribution >= 4 is 0 Å². The normalized spacial score (nSPS) is 29.0. The number of hydrogen-bond donors (Lipinski definition) is 0. The first-order chi connectivity index (χ1) is 11.4. The van der Waals surface area contributed by atoms with E-state index in [4.69, 9.17) is 18.9 Å². The Morgan fingerprint density at radius 1 is 0.826 bits per heavy atom. The maximum absolute atomic E-state index is 6.09. The summed E-state index contributed by atoms with van der Waals surface area (Å²) >= 11 is 0. The van der Waals surface area contributed by atoms with Crippen LogP contribution in [-0.4, -0.2) is 31.2 Å². The van der Waals surface area contributed by atoms with Gasteiger partial charge in [0.2, 0.25) is 0 Å². The van der Waals surface area contributed by atoms with E-state index in [-0.39, 0.29) is 24.6 Å². The maximum atomic E-state index is 6.09. The summed E-state index contributed by atoms with van der Waals surface area (Å²) in [4.78, 5) is 0. The van der Waals surface area contributed by atoms with Crippen LogP contribution in [0.2, 0.25) is 0 Å². The molecule has 0 aliphatic carbocycles. The van der Waals surface area contributed by atoms with Crippen molar-refractivity contribution in [2.24, 2.45) is 0 Å². The monoisotopic (exact) mass is 312 g/mol. The molecule has 0 radical (unpaired) electrons. The Morgan fingerprint density at radius 3 is 2.09 bits per heavy atom. The lowest BCUT2D eigenvalue weighted by Gasteiger charge is -2.29. The van der Waals surface area contributed by atoms with Crippen LogP contribution in [0, 0.1) is 0 Å². The molecule has 0 unspecified atom stereocenters. The first kappa shape index (κ1) is 14.8. The molecule has 0 spiro atoms. The number of fused-ring (bicyclic) bond motifs is 1. The smallest absolute Gasteiger partial charge is 0.187 e. The highest BCUT2D eigenvalue weighted by Crippen LogP contribution is 2.36. The van der Waals surface area contributed by atoms with E-state index >= 15 is 0 Å². The minimum Gasteiger partial charge on any atom is -0.368 e. The Morgan fingerprint density at radius 2 is 1.43 bits per heavy atom. The van der Waals surface area contributed by atoms with Gasteiger partial charge in [0.15, 0.2) is 6.29 Å². The SMILES string of the molecule is c1ccc(CO[C@@H]2[C@H]3O[C@H]3OC[C@H]2OCc2ccccc2)cc1. The van der Waals surface area contributed by atoms with Gasteiger partial charge in [0.1, 0.15) is 18.3 Å². The van der Waals surface area contributed by atoms with Crippen molar-refractivity contribution in [1.82, 2.24) is 0 Å². The fourth-order valence-corrected chi connectivity index (χ4v) is 2.86. The maximum Gasteiger partial charge on any atom is 0.187 e. The van der Waals surface area contributed by atoms with E-state index in [1.807, 2.05) is 36.4 Å². The van der Waals surface area contributed by atoms with E-state index in [2.05, 4.69) is 24.3 Å². The third-order valence-corrected chi connectivity index (χ3v) is 4.19. The Hall–Kier alpha value is -1.72. The fraction of sp³-hybridized carbons (Fsp3) is 0.368. The second-order valence-electron chi connectivity index (χ2n) is 5.90. The van der Waals surface area contributed by atoms with Crippen LogP contribution in [0.3, 0.4) is 0 Å².